The number of hydrogen-bond acceptors (Lipinski definition) is 2. The molecule has 0 saturated heterocycles. The minimum atomic E-state index is 1.07. The average molecular weight is 628 g/mol. The normalized spacial score (nSPS) is 11.3. The standard InChI is InChI=1S/C46H33N3/c1-6-19-35(20-7-1)47(36-21-8-2-9-22-36)40-32-43(48(37-23-10-3-11-24-37)38-25-12-4-13-26-38)45-42-31-30-34-18-16-17-29-41(34)46(42)49(44(45)33-40)39-27-14-5-15-28-39/h1-33H. The SMILES string of the molecule is c1ccc(N(c2ccccc2)c2cc(N(c3ccccc3)c3ccccc3)c3c4ccc5ccccc5c4n(-c4ccccc4)c3c2)cc1. The second-order valence-electron chi connectivity index (χ2n) is 12.2. The molecule has 0 aliphatic heterocycles. The maximum Gasteiger partial charge on any atom is 0.0620 e. The van der Waals surface area contributed by atoms with Gasteiger partial charge in [-0.1, -0.05) is 127 Å². The van der Waals surface area contributed by atoms with E-state index in [1.807, 2.05) is 0 Å². The highest BCUT2D eigenvalue weighted by Crippen LogP contribution is 2.48. The number of rotatable bonds is 7. The van der Waals surface area contributed by atoms with Gasteiger partial charge in [-0.15, -0.1) is 0 Å². The van der Waals surface area contributed by atoms with E-state index in [1.54, 1.807) is 0 Å². The van der Waals surface area contributed by atoms with Crippen LogP contribution in [0.3, 0.4) is 0 Å². The summed E-state index contributed by atoms with van der Waals surface area (Å²) < 4.78 is 2.46. The summed E-state index contributed by atoms with van der Waals surface area (Å²) in [5.41, 5.74) is 10.0. The number of hydrogen-bond donors (Lipinski definition) is 0. The average Bonchev–Trinajstić information content (AvgIpc) is 3.52. The molecule has 49 heavy (non-hydrogen) atoms. The highest BCUT2D eigenvalue weighted by molar-refractivity contribution is 6.23. The molecule has 0 atom stereocenters. The fourth-order valence-electron chi connectivity index (χ4n) is 7.20. The van der Waals surface area contributed by atoms with E-state index in [1.165, 1.54) is 27.1 Å². The smallest absolute Gasteiger partial charge is 0.0620 e. The largest absolute Gasteiger partial charge is 0.310 e. The van der Waals surface area contributed by atoms with Gasteiger partial charge < -0.3 is 14.4 Å². The van der Waals surface area contributed by atoms with Crippen LogP contribution in [0.15, 0.2) is 200 Å². The fraction of sp³-hybridized carbons (Fsp3) is 0. The molecule has 9 rings (SSSR count). The Kier molecular flexibility index (Phi) is 7.14. The van der Waals surface area contributed by atoms with Gasteiger partial charge in [0.15, 0.2) is 0 Å². The van der Waals surface area contributed by atoms with Crippen molar-refractivity contribution in [2.24, 2.45) is 0 Å². The summed E-state index contributed by atoms with van der Waals surface area (Å²) in [6.45, 7) is 0. The first-order valence-corrected chi connectivity index (χ1v) is 16.7. The number of benzene rings is 8. The predicted molar refractivity (Wildman–Crippen MR) is 208 cm³/mol. The lowest BCUT2D eigenvalue weighted by molar-refractivity contribution is 1.18. The van der Waals surface area contributed by atoms with Gasteiger partial charge in [-0.2, -0.15) is 0 Å². The maximum absolute atomic E-state index is 2.46. The monoisotopic (exact) mass is 627 g/mol. The summed E-state index contributed by atoms with van der Waals surface area (Å²) in [6, 6.07) is 71.6. The topological polar surface area (TPSA) is 11.4 Å². The molecule has 3 heteroatoms. The molecular formula is C46H33N3. The van der Waals surface area contributed by atoms with Gasteiger partial charge in [-0.05, 0) is 78.2 Å². The molecule has 1 aromatic heterocycles. The molecule has 8 aromatic carbocycles. The minimum Gasteiger partial charge on any atom is -0.310 e. The zero-order chi connectivity index (χ0) is 32.6. The molecule has 3 nitrogen and oxygen atoms in total. The Balaban J connectivity index is 1.49. The summed E-state index contributed by atoms with van der Waals surface area (Å²) >= 11 is 0. The molecule has 0 fully saturated rings. The van der Waals surface area contributed by atoms with Crippen LogP contribution in [0.1, 0.15) is 0 Å². The predicted octanol–water partition coefficient (Wildman–Crippen LogP) is 12.9. The molecule has 0 spiro atoms. The highest BCUT2D eigenvalue weighted by atomic mass is 15.2. The Morgan fingerprint density at radius 1 is 0.347 bits per heavy atom. The third-order valence-corrected chi connectivity index (χ3v) is 9.29. The van der Waals surface area contributed by atoms with Crippen LogP contribution >= 0.6 is 0 Å². The van der Waals surface area contributed by atoms with E-state index in [4.69, 9.17) is 0 Å². The van der Waals surface area contributed by atoms with Gasteiger partial charge in [0.05, 0.1) is 22.4 Å². The quantitative estimate of drug-likeness (QED) is 0.174. The zero-order valence-electron chi connectivity index (χ0n) is 26.9. The molecule has 0 saturated carbocycles. The molecule has 232 valence electrons. The summed E-state index contributed by atoms with van der Waals surface area (Å²) in [7, 11) is 0. The zero-order valence-corrected chi connectivity index (χ0v) is 26.9. The first kappa shape index (κ1) is 28.6. The lowest BCUT2D eigenvalue weighted by atomic mass is 10.0. The maximum atomic E-state index is 2.46. The van der Waals surface area contributed by atoms with Gasteiger partial charge in [-0.25, -0.2) is 0 Å². The van der Waals surface area contributed by atoms with Gasteiger partial charge in [-0.3, -0.25) is 0 Å². The number of aromatic nitrogens is 1. The Labute approximate surface area is 286 Å². The van der Waals surface area contributed by atoms with Crippen molar-refractivity contribution < 1.29 is 0 Å². The Morgan fingerprint density at radius 3 is 1.37 bits per heavy atom. The lowest BCUT2D eigenvalue weighted by Crippen LogP contribution is -2.14. The molecule has 0 N–H and O–H groups in total. The summed E-state index contributed by atoms with van der Waals surface area (Å²) in [5, 5.41) is 4.85. The molecular weight excluding hydrogens is 595 g/mol. The van der Waals surface area contributed by atoms with E-state index in [0.717, 1.165) is 45.3 Å². The van der Waals surface area contributed by atoms with Gasteiger partial charge in [0.2, 0.25) is 0 Å². The van der Waals surface area contributed by atoms with Crippen molar-refractivity contribution in [2.75, 3.05) is 9.80 Å². The summed E-state index contributed by atoms with van der Waals surface area (Å²) in [6.07, 6.45) is 0. The van der Waals surface area contributed by atoms with Crippen molar-refractivity contribution in [1.29, 1.82) is 0 Å². The van der Waals surface area contributed by atoms with Crippen LogP contribution in [0.25, 0.3) is 38.3 Å². The number of fused-ring (bicyclic) bond motifs is 5. The van der Waals surface area contributed by atoms with Crippen LogP contribution < -0.4 is 9.80 Å². The number of nitrogens with zero attached hydrogens (tertiary/aromatic N) is 3. The molecule has 0 unspecified atom stereocenters. The van der Waals surface area contributed by atoms with Gasteiger partial charge in [0.25, 0.3) is 0 Å². The van der Waals surface area contributed by atoms with Gasteiger partial charge >= 0.3 is 0 Å². The molecule has 0 aliphatic rings. The van der Waals surface area contributed by atoms with Crippen LogP contribution in [0.4, 0.5) is 34.1 Å². The first-order chi connectivity index (χ1) is 24.3. The van der Waals surface area contributed by atoms with Crippen molar-refractivity contribution in [3.8, 4) is 5.69 Å². The van der Waals surface area contributed by atoms with E-state index in [0.29, 0.717) is 0 Å². The van der Waals surface area contributed by atoms with Crippen molar-refractivity contribution >= 4 is 66.7 Å². The Hall–Kier alpha value is -6.58. The van der Waals surface area contributed by atoms with Crippen LogP contribution in [-0.2, 0) is 0 Å². The lowest BCUT2D eigenvalue weighted by Gasteiger charge is -2.30. The summed E-state index contributed by atoms with van der Waals surface area (Å²) in [5.74, 6) is 0. The second kappa shape index (κ2) is 12.2. The van der Waals surface area contributed by atoms with Crippen molar-refractivity contribution in [1.82, 2.24) is 4.57 Å². The number of anilines is 6. The van der Waals surface area contributed by atoms with E-state index in [9.17, 15) is 0 Å². The van der Waals surface area contributed by atoms with Crippen LogP contribution in [0.5, 0.6) is 0 Å². The third kappa shape index (κ3) is 5.00. The van der Waals surface area contributed by atoms with E-state index >= 15 is 0 Å². The highest BCUT2D eigenvalue weighted by Gasteiger charge is 2.25. The Bertz CT molecular complexity index is 2450. The van der Waals surface area contributed by atoms with E-state index in [2.05, 4.69) is 215 Å². The molecule has 0 bridgehead atoms. The van der Waals surface area contributed by atoms with Crippen LogP contribution in [-0.4, -0.2) is 4.57 Å². The van der Waals surface area contributed by atoms with Gasteiger partial charge in [0.1, 0.15) is 0 Å². The molecule has 0 amide bonds. The molecule has 9 aromatic rings. The minimum absolute atomic E-state index is 1.07. The van der Waals surface area contributed by atoms with Crippen molar-refractivity contribution in [3.05, 3.63) is 200 Å². The summed E-state index contributed by atoms with van der Waals surface area (Å²) in [4.78, 5) is 4.77. The van der Waals surface area contributed by atoms with Crippen molar-refractivity contribution in [2.45, 2.75) is 0 Å². The van der Waals surface area contributed by atoms with E-state index < -0.39 is 0 Å². The van der Waals surface area contributed by atoms with Gasteiger partial charge in [0, 0.05) is 44.6 Å². The third-order valence-electron chi connectivity index (χ3n) is 9.29. The van der Waals surface area contributed by atoms with E-state index in [-0.39, 0.29) is 0 Å². The van der Waals surface area contributed by atoms with Crippen LogP contribution in [0, 0.1) is 0 Å². The van der Waals surface area contributed by atoms with Crippen LogP contribution in [0.2, 0.25) is 0 Å². The Morgan fingerprint density at radius 2 is 0.816 bits per heavy atom. The molecule has 0 radical (unpaired) electrons. The fourth-order valence-corrected chi connectivity index (χ4v) is 7.20. The first-order valence-electron chi connectivity index (χ1n) is 16.7. The second-order valence-corrected chi connectivity index (χ2v) is 12.2. The molecule has 1 heterocycles. The van der Waals surface area contributed by atoms with Crippen molar-refractivity contribution in [3.63, 3.8) is 0 Å². The number of para-hydroxylation sites is 5. The molecule has 0 aliphatic carbocycles.